The largest absolute Gasteiger partial charge is 0.508 e. The molecule has 37 heavy (non-hydrogen) atoms. The highest BCUT2D eigenvalue weighted by Crippen LogP contribution is 2.14. The van der Waals surface area contributed by atoms with E-state index in [4.69, 9.17) is 5.11 Å². The summed E-state index contributed by atoms with van der Waals surface area (Å²) in [4.78, 5) is 10.2. The Bertz CT molecular complexity index is 1020. The second-order valence-electron chi connectivity index (χ2n) is 8.53. The predicted octanol–water partition coefficient (Wildman–Crippen LogP) is 9.56. The highest BCUT2D eigenvalue weighted by Gasteiger charge is 1.90. The number of carboxylic acids is 1. The lowest BCUT2D eigenvalue weighted by Gasteiger charge is -1.98. The van der Waals surface area contributed by atoms with Crippen molar-refractivity contribution in [3.8, 4) is 5.75 Å². The van der Waals surface area contributed by atoms with Crippen LogP contribution in [0.4, 0.5) is 0 Å². The van der Waals surface area contributed by atoms with Gasteiger partial charge in [0.25, 0.3) is 0 Å². The number of aliphatic carboxylic acids is 1. The van der Waals surface area contributed by atoms with Gasteiger partial charge in [0.1, 0.15) is 5.75 Å². The molecule has 2 rings (SSSR count). The van der Waals surface area contributed by atoms with E-state index in [-0.39, 0.29) is 0 Å². The van der Waals surface area contributed by atoms with Crippen molar-refractivity contribution in [2.75, 3.05) is 0 Å². The van der Waals surface area contributed by atoms with E-state index < -0.39 is 5.97 Å². The van der Waals surface area contributed by atoms with Crippen LogP contribution in [0.3, 0.4) is 0 Å². The van der Waals surface area contributed by atoms with Gasteiger partial charge in [0, 0.05) is 6.08 Å². The molecule has 0 radical (unpaired) electrons. The molecule has 0 heterocycles. The Hall–Kier alpha value is -3.85. The average molecular weight is 499 g/mol. The van der Waals surface area contributed by atoms with E-state index in [1.807, 2.05) is 78.9 Å². The maximum atomic E-state index is 10.2. The fraction of sp³-hybridized carbons (Fsp3) is 0.265. The van der Waals surface area contributed by atoms with Crippen LogP contribution in [0.2, 0.25) is 0 Å². The van der Waals surface area contributed by atoms with Crippen LogP contribution in [-0.2, 0) is 4.79 Å². The molecule has 0 aromatic heterocycles. The second kappa shape index (κ2) is 22.6. The van der Waals surface area contributed by atoms with Gasteiger partial charge in [-0.25, -0.2) is 4.79 Å². The summed E-state index contributed by atoms with van der Waals surface area (Å²) < 4.78 is 0. The minimum absolute atomic E-state index is 0.296. The number of hydrogen-bond acceptors (Lipinski definition) is 2. The molecule has 0 amide bonds. The summed E-state index contributed by atoms with van der Waals surface area (Å²) in [6.07, 6.45) is 32.8. The molecule has 0 atom stereocenters. The molecule has 2 N–H and O–H groups in total. The van der Waals surface area contributed by atoms with E-state index in [0.717, 1.165) is 23.6 Å². The van der Waals surface area contributed by atoms with Crippen molar-refractivity contribution >= 4 is 18.1 Å². The normalized spacial score (nSPS) is 11.9. The summed E-state index contributed by atoms with van der Waals surface area (Å²) in [5.74, 6) is -0.634. The number of carbonyl (C=O) groups is 1. The number of carboxylic acid groups (broad SMARTS) is 1. The molecule has 0 saturated heterocycles. The van der Waals surface area contributed by atoms with Crippen LogP contribution in [0.5, 0.6) is 5.75 Å². The summed E-state index contributed by atoms with van der Waals surface area (Å²) >= 11 is 0. The number of phenolic OH excluding ortho intramolecular Hbond substituents is 1. The fourth-order valence-electron chi connectivity index (χ4n) is 3.30. The first-order valence-corrected chi connectivity index (χ1v) is 13.2. The van der Waals surface area contributed by atoms with E-state index in [1.165, 1.54) is 51.0 Å². The first kappa shape index (κ1) is 31.2. The predicted molar refractivity (Wildman–Crippen MR) is 159 cm³/mol. The summed E-state index contributed by atoms with van der Waals surface area (Å²) in [5.41, 5.74) is 2.15. The van der Waals surface area contributed by atoms with Crippen LogP contribution in [0.25, 0.3) is 12.2 Å². The Morgan fingerprint density at radius 3 is 1.89 bits per heavy atom. The highest BCUT2D eigenvalue weighted by molar-refractivity contribution is 5.80. The van der Waals surface area contributed by atoms with Crippen molar-refractivity contribution in [2.45, 2.75) is 58.3 Å². The van der Waals surface area contributed by atoms with E-state index >= 15 is 0 Å². The number of hydrogen-bond donors (Lipinski definition) is 2. The zero-order valence-electron chi connectivity index (χ0n) is 22.1. The van der Waals surface area contributed by atoms with Crippen molar-refractivity contribution in [1.82, 2.24) is 0 Å². The van der Waals surface area contributed by atoms with Gasteiger partial charge in [0.2, 0.25) is 0 Å². The molecule has 2 aromatic rings. The number of phenols is 1. The smallest absolute Gasteiger partial charge is 0.328 e. The Labute approximate surface area is 223 Å². The minimum Gasteiger partial charge on any atom is -0.508 e. The van der Waals surface area contributed by atoms with Crippen molar-refractivity contribution in [2.24, 2.45) is 0 Å². The van der Waals surface area contributed by atoms with Crippen molar-refractivity contribution in [3.05, 3.63) is 126 Å². The van der Waals surface area contributed by atoms with E-state index in [2.05, 4.69) is 19.1 Å². The van der Waals surface area contributed by atoms with Crippen LogP contribution >= 0.6 is 0 Å². The van der Waals surface area contributed by atoms with Crippen LogP contribution in [0.15, 0.2) is 115 Å². The first-order chi connectivity index (χ1) is 18.1. The second-order valence-corrected chi connectivity index (χ2v) is 8.53. The molecule has 2 aromatic carbocycles. The maximum absolute atomic E-state index is 10.2. The number of unbranched alkanes of at least 4 members (excludes halogenated alkanes) is 7. The Kier molecular flexibility index (Phi) is 19.0. The van der Waals surface area contributed by atoms with Crippen molar-refractivity contribution in [3.63, 3.8) is 0 Å². The Balaban J connectivity index is 0.000000394. The molecule has 0 bridgehead atoms. The maximum Gasteiger partial charge on any atom is 0.328 e. The molecular weight excluding hydrogens is 456 g/mol. The quantitative estimate of drug-likeness (QED) is 0.111. The van der Waals surface area contributed by atoms with Gasteiger partial charge >= 0.3 is 5.97 Å². The molecular formula is C34H42O3. The number of allylic oxidation sites excluding steroid dienone is 9. The average Bonchev–Trinajstić information content (AvgIpc) is 2.90. The molecule has 0 aliphatic heterocycles. The van der Waals surface area contributed by atoms with Crippen LogP contribution in [0.1, 0.15) is 69.4 Å². The van der Waals surface area contributed by atoms with E-state index in [9.17, 15) is 9.90 Å². The van der Waals surface area contributed by atoms with Gasteiger partial charge in [-0.15, -0.1) is 0 Å². The van der Waals surface area contributed by atoms with Crippen LogP contribution in [0, 0.1) is 0 Å². The summed E-state index contributed by atoms with van der Waals surface area (Å²) in [5, 5.41) is 17.7. The molecule has 196 valence electrons. The zero-order chi connectivity index (χ0) is 26.8. The fourth-order valence-corrected chi connectivity index (χ4v) is 3.30. The third kappa shape index (κ3) is 20.1. The highest BCUT2D eigenvalue weighted by atomic mass is 16.4. The van der Waals surface area contributed by atoms with Gasteiger partial charge in [-0.1, -0.05) is 155 Å². The molecule has 0 aliphatic carbocycles. The molecule has 0 saturated carbocycles. The zero-order valence-corrected chi connectivity index (χ0v) is 22.1. The Morgan fingerprint density at radius 2 is 1.24 bits per heavy atom. The van der Waals surface area contributed by atoms with Gasteiger partial charge in [-0.3, -0.25) is 0 Å². The van der Waals surface area contributed by atoms with Gasteiger partial charge < -0.3 is 10.2 Å². The van der Waals surface area contributed by atoms with E-state index in [0.29, 0.717) is 5.75 Å². The molecule has 0 aliphatic rings. The molecule has 3 nitrogen and oxygen atoms in total. The number of aromatic hydroxyl groups is 1. The van der Waals surface area contributed by atoms with Gasteiger partial charge in [0.15, 0.2) is 0 Å². The van der Waals surface area contributed by atoms with Crippen molar-refractivity contribution in [1.29, 1.82) is 0 Å². The SMILES string of the molecule is CCCCCCCCCC=CC=CC=CC=CC=CC(=O)O.Oc1cccc(C=Cc2ccccc2)c1. The lowest BCUT2D eigenvalue weighted by Crippen LogP contribution is -1.84. The molecule has 0 spiro atoms. The lowest BCUT2D eigenvalue weighted by molar-refractivity contribution is -0.131. The van der Waals surface area contributed by atoms with Crippen LogP contribution in [-0.4, -0.2) is 16.2 Å². The number of benzene rings is 2. The molecule has 0 unspecified atom stereocenters. The monoisotopic (exact) mass is 498 g/mol. The van der Waals surface area contributed by atoms with Gasteiger partial charge in [0.05, 0.1) is 0 Å². The summed E-state index contributed by atoms with van der Waals surface area (Å²) in [6.45, 7) is 2.25. The third-order valence-electron chi connectivity index (χ3n) is 5.27. The minimum atomic E-state index is -0.931. The summed E-state index contributed by atoms with van der Waals surface area (Å²) in [7, 11) is 0. The van der Waals surface area contributed by atoms with Gasteiger partial charge in [-0.05, 0) is 36.1 Å². The summed E-state index contributed by atoms with van der Waals surface area (Å²) in [6, 6.07) is 17.3. The molecule has 0 fully saturated rings. The van der Waals surface area contributed by atoms with Crippen molar-refractivity contribution < 1.29 is 15.0 Å². The first-order valence-electron chi connectivity index (χ1n) is 13.2. The van der Waals surface area contributed by atoms with Crippen LogP contribution < -0.4 is 0 Å². The Morgan fingerprint density at radius 1 is 0.676 bits per heavy atom. The molecule has 3 heteroatoms. The van der Waals surface area contributed by atoms with E-state index in [1.54, 1.807) is 24.3 Å². The van der Waals surface area contributed by atoms with Gasteiger partial charge in [-0.2, -0.15) is 0 Å². The standard InChI is InChI=1S/C20H30O2.C14H12O/c1-2-3-4-5-6-7-8-9-10-11-12-13-14-15-16-17-18-19-20(21)22;15-14-8-4-7-13(11-14)10-9-12-5-2-1-3-6-12/h10-19H,2-9H2,1H3,(H,21,22);1-11,15H. The lowest BCUT2D eigenvalue weighted by atomic mass is 10.1. The third-order valence-corrected chi connectivity index (χ3v) is 5.27. The topological polar surface area (TPSA) is 57.5 Å². The number of rotatable bonds is 15.